The first-order chi connectivity index (χ1) is 8.31. The highest BCUT2D eigenvalue weighted by atomic mass is 16.3. The van der Waals surface area contributed by atoms with E-state index in [9.17, 15) is 5.11 Å². The SMILES string of the molecule is NCCc1cnc2c3c(O)cccc3ccn12. The molecule has 0 aliphatic carbocycles. The van der Waals surface area contributed by atoms with Crippen LogP contribution in [0.4, 0.5) is 0 Å². The molecule has 0 bridgehead atoms. The molecule has 2 heterocycles. The van der Waals surface area contributed by atoms with Crippen molar-refractivity contribution in [1.82, 2.24) is 9.38 Å². The molecule has 17 heavy (non-hydrogen) atoms. The predicted molar refractivity (Wildman–Crippen MR) is 67.1 cm³/mol. The molecule has 0 fully saturated rings. The van der Waals surface area contributed by atoms with Crippen molar-refractivity contribution in [3.8, 4) is 5.75 Å². The van der Waals surface area contributed by atoms with Crippen LogP contribution in [0.5, 0.6) is 5.75 Å². The Hall–Kier alpha value is -2.07. The zero-order valence-electron chi connectivity index (χ0n) is 9.30. The fourth-order valence-electron chi connectivity index (χ4n) is 2.18. The molecule has 2 aromatic heterocycles. The van der Waals surface area contributed by atoms with E-state index in [-0.39, 0.29) is 5.75 Å². The molecular weight excluding hydrogens is 214 g/mol. The molecule has 0 saturated heterocycles. The summed E-state index contributed by atoms with van der Waals surface area (Å²) in [6.07, 6.45) is 4.56. The number of phenols is 1. The largest absolute Gasteiger partial charge is 0.507 e. The molecule has 0 radical (unpaired) electrons. The summed E-state index contributed by atoms with van der Waals surface area (Å²) in [5, 5.41) is 11.7. The standard InChI is InChI=1S/C13H13N3O/c14-6-4-10-8-15-13-12-9(5-7-16(10)13)2-1-3-11(12)17/h1-3,5,7-8,17H,4,6,14H2. The molecule has 0 aliphatic rings. The molecule has 0 spiro atoms. The maximum atomic E-state index is 9.93. The number of hydrogen-bond donors (Lipinski definition) is 2. The van der Waals surface area contributed by atoms with Crippen LogP contribution in [0.2, 0.25) is 0 Å². The highest BCUT2D eigenvalue weighted by molar-refractivity contribution is 5.98. The fraction of sp³-hybridized carbons (Fsp3) is 0.154. The van der Waals surface area contributed by atoms with Gasteiger partial charge in [-0.1, -0.05) is 12.1 Å². The summed E-state index contributed by atoms with van der Waals surface area (Å²) in [7, 11) is 0. The summed E-state index contributed by atoms with van der Waals surface area (Å²) in [4.78, 5) is 4.37. The average molecular weight is 227 g/mol. The van der Waals surface area contributed by atoms with Gasteiger partial charge in [0.25, 0.3) is 0 Å². The van der Waals surface area contributed by atoms with Crippen LogP contribution >= 0.6 is 0 Å². The quantitative estimate of drug-likeness (QED) is 0.700. The van der Waals surface area contributed by atoms with Crippen molar-refractivity contribution in [1.29, 1.82) is 0 Å². The molecule has 1 aromatic carbocycles. The van der Waals surface area contributed by atoms with E-state index >= 15 is 0 Å². The third kappa shape index (κ3) is 1.45. The van der Waals surface area contributed by atoms with E-state index in [0.29, 0.717) is 6.54 Å². The average Bonchev–Trinajstić information content (AvgIpc) is 2.73. The number of nitrogens with zero attached hydrogens (tertiary/aromatic N) is 2. The Bertz CT molecular complexity index is 688. The monoisotopic (exact) mass is 227 g/mol. The van der Waals surface area contributed by atoms with Crippen molar-refractivity contribution in [3.05, 3.63) is 42.4 Å². The molecule has 0 saturated carbocycles. The third-order valence-electron chi connectivity index (χ3n) is 2.98. The van der Waals surface area contributed by atoms with Crippen molar-refractivity contribution < 1.29 is 5.11 Å². The van der Waals surface area contributed by atoms with E-state index in [1.54, 1.807) is 6.07 Å². The Morgan fingerprint density at radius 1 is 1.29 bits per heavy atom. The van der Waals surface area contributed by atoms with Gasteiger partial charge in [0.2, 0.25) is 0 Å². The smallest absolute Gasteiger partial charge is 0.148 e. The molecule has 0 atom stereocenters. The molecule has 4 heteroatoms. The first-order valence-corrected chi connectivity index (χ1v) is 5.58. The Balaban J connectivity index is 2.40. The lowest BCUT2D eigenvalue weighted by molar-refractivity contribution is 0.482. The third-order valence-corrected chi connectivity index (χ3v) is 2.98. The van der Waals surface area contributed by atoms with Gasteiger partial charge >= 0.3 is 0 Å². The van der Waals surface area contributed by atoms with Crippen molar-refractivity contribution >= 4 is 16.4 Å². The number of benzene rings is 1. The second-order valence-corrected chi connectivity index (χ2v) is 4.04. The molecule has 4 nitrogen and oxygen atoms in total. The first-order valence-electron chi connectivity index (χ1n) is 5.58. The highest BCUT2D eigenvalue weighted by Crippen LogP contribution is 2.28. The van der Waals surface area contributed by atoms with Crippen LogP contribution in [0.25, 0.3) is 16.4 Å². The van der Waals surface area contributed by atoms with Crippen LogP contribution < -0.4 is 5.73 Å². The van der Waals surface area contributed by atoms with Gasteiger partial charge in [-0.3, -0.25) is 0 Å². The van der Waals surface area contributed by atoms with Crippen molar-refractivity contribution in [2.45, 2.75) is 6.42 Å². The van der Waals surface area contributed by atoms with E-state index in [4.69, 9.17) is 5.73 Å². The molecular formula is C13H13N3O. The number of imidazole rings is 1. The topological polar surface area (TPSA) is 63.5 Å². The number of phenolic OH excluding ortho intramolecular Hbond substituents is 1. The Morgan fingerprint density at radius 2 is 2.18 bits per heavy atom. The fourth-order valence-corrected chi connectivity index (χ4v) is 2.18. The van der Waals surface area contributed by atoms with E-state index in [1.807, 2.05) is 35.0 Å². The van der Waals surface area contributed by atoms with Gasteiger partial charge in [-0.2, -0.15) is 0 Å². The number of rotatable bonds is 2. The van der Waals surface area contributed by atoms with Crippen molar-refractivity contribution in [3.63, 3.8) is 0 Å². The lowest BCUT2D eigenvalue weighted by Crippen LogP contribution is -2.04. The number of nitrogens with two attached hydrogens (primary N) is 1. The van der Waals surface area contributed by atoms with Gasteiger partial charge in [-0.05, 0) is 24.1 Å². The summed E-state index contributed by atoms with van der Waals surface area (Å²) in [5.74, 6) is 0.262. The molecule has 0 aliphatic heterocycles. The number of aromatic hydroxyl groups is 1. The summed E-state index contributed by atoms with van der Waals surface area (Å²) in [6.45, 7) is 0.590. The molecule has 3 aromatic rings. The van der Waals surface area contributed by atoms with Crippen LogP contribution in [0.3, 0.4) is 0 Å². The molecule has 86 valence electrons. The van der Waals surface area contributed by atoms with Crippen molar-refractivity contribution in [2.75, 3.05) is 6.54 Å². The van der Waals surface area contributed by atoms with Gasteiger partial charge in [0.1, 0.15) is 11.4 Å². The van der Waals surface area contributed by atoms with Gasteiger partial charge in [-0.15, -0.1) is 0 Å². The van der Waals surface area contributed by atoms with E-state index < -0.39 is 0 Å². The normalized spacial score (nSPS) is 11.4. The van der Waals surface area contributed by atoms with Crippen LogP contribution in [0.15, 0.2) is 36.7 Å². The zero-order valence-corrected chi connectivity index (χ0v) is 9.30. The number of fused-ring (bicyclic) bond motifs is 3. The summed E-state index contributed by atoms with van der Waals surface area (Å²) in [6, 6.07) is 7.45. The maximum Gasteiger partial charge on any atom is 0.148 e. The maximum absolute atomic E-state index is 9.93. The lowest BCUT2D eigenvalue weighted by atomic mass is 10.1. The van der Waals surface area contributed by atoms with Gasteiger partial charge in [0, 0.05) is 24.5 Å². The minimum absolute atomic E-state index is 0.262. The number of aromatic nitrogens is 2. The number of pyridine rings is 1. The van der Waals surface area contributed by atoms with Gasteiger partial charge in [0.05, 0.1) is 5.39 Å². The van der Waals surface area contributed by atoms with Gasteiger partial charge in [0.15, 0.2) is 0 Å². The van der Waals surface area contributed by atoms with Crippen LogP contribution in [0, 0.1) is 0 Å². The molecule has 0 amide bonds. The van der Waals surface area contributed by atoms with E-state index in [0.717, 1.165) is 28.5 Å². The summed E-state index contributed by atoms with van der Waals surface area (Å²) in [5.41, 5.74) is 7.41. The summed E-state index contributed by atoms with van der Waals surface area (Å²) < 4.78 is 1.98. The minimum Gasteiger partial charge on any atom is -0.507 e. The van der Waals surface area contributed by atoms with Crippen LogP contribution in [0.1, 0.15) is 5.69 Å². The van der Waals surface area contributed by atoms with Gasteiger partial charge in [-0.25, -0.2) is 4.98 Å². The molecule has 3 rings (SSSR count). The minimum atomic E-state index is 0.262. The Labute approximate surface area is 98.3 Å². The van der Waals surface area contributed by atoms with Crippen molar-refractivity contribution in [2.24, 2.45) is 5.73 Å². The molecule has 0 unspecified atom stereocenters. The van der Waals surface area contributed by atoms with Gasteiger partial charge < -0.3 is 15.2 Å². The second-order valence-electron chi connectivity index (χ2n) is 4.04. The van der Waals surface area contributed by atoms with Crippen LogP contribution in [-0.2, 0) is 6.42 Å². The van der Waals surface area contributed by atoms with E-state index in [2.05, 4.69) is 4.98 Å². The molecule has 3 N–H and O–H groups in total. The lowest BCUT2D eigenvalue weighted by Gasteiger charge is -2.04. The zero-order chi connectivity index (χ0) is 11.8. The predicted octanol–water partition coefficient (Wildman–Crippen LogP) is 1.69. The van der Waals surface area contributed by atoms with Crippen LogP contribution in [-0.4, -0.2) is 21.0 Å². The Morgan fingerprint density at radius 3 is 3.00 bits per heavy atom. The van der Waals surface area contributed by atoms with E-state index in [1.165, 1.54) is 0 Å². The second kappa shape index (κ2) is 3.75. The first kappa shape index (κ1) is 10.1. The number of hydrogen-bond acceptors (Lipinski definition) is 3. The Kier molecular flexibility index (Phi) is 2.23. The summed E-state index contributed by atoms with van der Waals surface area (Å²) >= 11 is 0. The highest BCUT2D eigenvalue weighted by Gasteiger charge is 2.09.